The van der Waals surface area contributed by atoms with Gasteiger partial charge in [-0.05, 0) is 17.8 Å². The van der Waals surface area contributed by atoms with Crippen molar-refractivity contribution in [2.45, 2.75) is 10.1 Å². The maximum Gasteiger partial charge on any atom is 0.220 e. The molecule has 0 fully saturated rings. The summed E-state index contributed by atoms with van der Waals surface area (Å²) in [4.78, 5) is 19.8. The van der Waals surface area contributed by atoms with Crippen LogP contribution in [0.15, 0.2) is 40.4 Å². The summed E-state index contributed by atoms with van der Waals surface area (Å²) in [6, 6.07) is 8.02. The van der Waals surface area contributed by atoms with Gasteiger partial charge in [0.2, 0.25) is 11.8 Å². The van der Waals surface area contributed by atoms with Crippen LogP contribution >= 0.6 is 11.8 Å². The van der Waals surface area contributed by atoms with Gasteiger partial charge in [0.15, 0.2) is 5.16 Å². The molecule has 0 aliphatic rings. The number of aromatic carboxylic acids is 1. The zero-order valence-corrected chi connectivity index (χ0v) is 11.6. The molecule has 1 aromatic carbocycles. The molecule has 0 bridgehead atoms. The lowest BCUT2D eigenvalue weighted by atomic mass is 10.2. The third kappa shape index (κ3) is 3.18. The molecule has 6 nitrogen and oxygen atoms in total. The van der Waals surface area contributed by atoms with Crippen molar-refractivity contribution in [2.24, 2.45) is 0 Å². The minimum absolute atomic E-state index is 0.0860. The first-order valence-electron chi connectivity index (χ1n) is 5.59. The number of carbonyl (C=O) groups is 1. The highest BCUT2D eigenvalue weighted by Crippen LogP contribution is 2.30. The highest BCUT2D eigenvalue weighted by Gasteiger charge is 2.10. The number of carbonyl (C=O) groups excluding carboxylic acids is 1. The number of carboxylic acids is 1. The van der Waals surface area contributed by atoms with Gasteiger partial charge in [0.25, 0.3) is 0 Å². The van der Waals surface area contributed by atoms with Crippen LogP contribution in [0.2, 0.25) is 0 Å². The molecule has 2 aromatic rings. The molecule has 0 spiro atoms. The lowest BCUT2D eigenvalue weighted by Gasteiger charge is -2.10. The van der Waals surface area contributed by atoms with Crippen molar-refractivity contribution in [2.75, 3.05) is 14.2 Å². The average molecular weight is 291 g/mol. The fourth-order valence-electron chi connectivity index (χ4n) is 1.46. The normalized spacial score (nSPS) is 10.1. The summed E-state index contributed by atoms with van der Waals surface area (Å²) in [6.45, 7) is 0. The Balaban J connectivity index is 2.37. The van der Waals surface area contributed by atoms with Crippen LogP contribution in [0.25, 0.3) is 0 Å². The summed E-state index contributed by atoms with van der Waals surface area (Å²) >= 11 is 1.10. The van der Waals surface area contributed by atoms with Crippen molar-refractivity contribution in [3.63, 3.8) is 0 Å². The minimum atomic E-state index is -1.25. The first kappa shape index (κ1) is 14.1. The van der Waals surface area contributed by atoms with Gasteiger partial charge < -0.3 is 19.4 Å². The van der Waals surface area contributed by atoms with Crippen LogP contribution in [-0.2, 0) is 0 Å². The Bertz CT molecular complexity index is 611. The van der Waals surface area contributed by atoms with Gasteiger partial charge >= 0.3 is 0 Å². The number of hydrogen-bond donors (Lipinski definition) is 0. The van der Waals surface area contributed by atoms with Crippen molar-refractivity contribution >= 4 is 17.7 Å². The molecule has 0 saturated heterocycles. The number of hydrogen-bond acceptors (Lipinski definition) is 7. The molecule has 20 heavy (non-hydrogen) atoms. The number of carboxylic acid groups (broad SMARTS) is 1. The summed E-state index contributed by atoms with van der Waals surface area (Å²) in [5, 5.41) is 11.4. The Hall–Kier alpha value is -2.28. The molecule has 1 heterocycles. The number of methoxy groups -OCH3 is 2. The summed E-state index contributed by atoms with van der Waals surface area (Å²) in [5.41, 5.74) is 0.0860. The predicted octanol–water partition coefficient (Wildman–Crippen LogP) is 1.01. The van der Waals surface area contributed by atoms with E-state index in [1.807, 2.05) is 0 Å². The van der Waals surface area contributed by atoms with E-state index in [-0.39, 0.29) is 5.56 Å². The molecule has 0 aliphatic heterocycles. The lowest BCUT2D eigenvalue weighted by molar-refractivity contribution is -0.255. The highest BCUT2D eigenvalue weighted by atomic mass is 32.2. The topological polar surface area (TPSA) is 84.4 Å². The Morgan fingerprint density at radius 1 is 1.15 bits per heavy atom. The molecule has 104 valence electrons. The molecule has 0 radical (unpaired) electrons. The van der Waals surface area contributed by atoms with Crippen molar-refractivity contribution in [3.05, 3.63) is 35.9 Å². The molecule has 0 atom stereocenters. The molecule has 2 rings (SSSR count). The smallest absolute Gasteiger partial charge is 0.220 e. The van der Waals surface area contributed by atoms with E-state index in [1.165, 1.54) is 26.4 Å². The van der Waals surface area contributed by atoms with E-state index in [4.69, 9.17) is 9.47 Å². The average Bonchev–Trinajstić information content (AvgIpc) is 2.47. The number of rotatable bonds is 5. The van der Waals surface area contributed by atoms with Gasteiger partial charge in [-0.2, -0.15) is 9.97 Å². The van der Waals surface area contributed by atoms with Crippen molar-refractivity contribution < 1.29 is 19.4 Å². The van der Waals surface area contributed by atoms with Crippen LogP contribution in [0.3, 0.4) is 0 Å². The van der Waals surface area contributed by atoms with Crippen LogP contribution in [-0.4, -0.2) is 30.2 Å². The van der Waals surface area contributed by atoms with Crippen LogP contribution in [0.1, 0.15) is 10.4 Å². The summed E-state index contributed by atoms with van der Waals surface area (Å²) in [6.07, 6.45) is 0. The molecular weight excluding hydrogens is 280 g/mol. The number of ether oxygens (including phenoxy) is 2. The van der Waals surface area contributed by atoms with Gasteiger partial charge in [0.1, 0.15) is 0 Å². The SMILES string of the molecule is COc1cc(OC)nc(Sc2ccccc2C(=O)[O-])n1. The fourth-order valence-corrected chi connectivity index (χ4v) is 2.34. The Morgan fingerprint density at radius 2 is 1.75 bits per heavy atom. The van der Waals surface area contributed by atoms with Gasteiger partial charge in [-0.1, -0.05) is 18.2 Å². The molecule has 0 aliphatic carbocycles. The van der Waals surface area contributed by atoms with E-state index in [1.54, 1.807) is 18.2 Å². The number of aromatic nitrogens is 2. The van der Waals surface area contributed by atoms with Crippen molar-refractivity contribution in [1.82, 2.24) is 9.97 Å². The first-order valence-corrected chi connectivity index (χ1v) is 6.41. The van der Waals surface area contributed by atoms with E-state index in [0.29, 0.717) is 21.8 Å². The Morgan fingerprint density at radius 3 is 2.30 bits per heavy atom. The van der Waals surface area contributed by atoms with Gasteiger partial charge in [-0.15, -0.1) is 0 Å². The zero-order chi connectivity index (χ0) is 14.5. The molecule has 1 aromatic heterocycles. The molecule has 0 saturated carbocycles. The second-order valence-electron chi connectivity index (χ2n) is 3.62. The van der Waals surface area contributed by atoms with Crippen LogP contribution < -0.4 is 14.6 Å². The molecule has 0 N–H and O–H groups in total. The quantitative estimate of drug-likeness (QED) is 0.760. The maximum atomic E-state index is 11.0. The number of nitrogens with zero attached hydrogens (tertiary/aromatic N) is 2. The lowest BCUT2D eigenvalue weighted by Crippen LogP contribution is -2.22. The van der Waals surface area contributed by atoms with Gasteiger partial charge in [0.05, 0.1) is 26.3 Å². The van der Waals surface area contributed by atoms with Crippen LogP contribution in [0, 0.1) is 0 Å². The van der Waals surface area contributed by atoms with E-state index in [2.05, 4.69) is 9.97 Å². The second kappa shape index (κ2) is 6.25. The van der Waals surface area contributed by atoms with Crippen LogP contribution in [0.5, 0.6) is 11.8 Å². The minimum Gasteiger partial charge on any atom is -0.545 e. The van der Waals surface area contributed by atoms with Crippen molar-refractivity contribution in [1.29, 1.82) is 0 Å². The Labute approximate surface area is 119 Å². The largest absolute Gasteiger partial charge is 0.545 e. The summed E-state index contributed by atoms with van der Waals surface area (Å²) in [7, 11) is 2.96. The third-order valence-electron chi connectivity index (χ3n) is 2.39. The first-order chi connectivity index (χ1) is 9.63. The Kier molecular flexibility index (Phi) is 4.41. The van der Waals surface area contributed by atoms with Gasteiger partial charge in [-0.25, -0.2) is 0 Å². The monoisotopic (exact) mass is 291 g/mol. The maximum absolute atomic E-state index is 11.0. The van der Waals surface area contributed by atoms with Crippen LogP contribution in [0.4, 0.5) is 0 Å². The van der Waals surface area contributed by atoms with E-state index in [9.17, 15) is 9.90 Å². The molecule has 0 amide bonds. The zero-order valence-electron chi connectivity index (χ0n) is 10.8. The van der Waals surface area contributed by atoms with E-state index < -0.39 is 5.97 Å². The summed E-state index contributed by atoms with van der Waals surface area (Å²) in [5.74, 6) is -0.571. The standard InChI is InChI=1S/C13H12N2O4S/c1-18-10-7-11(19-2)15-13(14-10)20-9-6-4-3-5-8(9)12(16)17/h3-7H,1-2H3,(H,16,17)/p-1. The van der Waals surface area contributed by atoms with E-state index >= 15 is 0 Å². The second-order valence-corrected chi connectivity index (χ2v) is 4.63. The summed E-state index contributed by atoms with van der Waals surface area (Å²) < 4.78 is 10.1. The fraction of sp³-hybridized carbons (Fsp3) is 0.154. The molecular formula is C13H11N2O4S-. The van der Waals surface area contributed by atoms with Gasteiger partial charge in [0, 0.05) is 10.5 Å². The van der Waals surface area contributed by atoms with Crippen molar-refractivity contribution in [3.8, 4) is 11.8 Å². The molecule has 7 heteroatoms. The molecule has 0 unspecified atom stereocenters. The number of benzene rings is 1. The highest BCUT2D eigenvalue weighted by molar-refractivity contribution is 7.99. The van der Waals surface area contributed by atoms with Gasteiger partial charge in [-0.3, -0.25) is 0 Å². The van der Waals surface area contributed by atoms with E-state index in [0.717, 1.165) is 11.8 Å². The predicted molar refractivity (Wildman–Crippen MR) is 70.0 cm³/mol. The third-order valence-corrected chi connectivity index (χ3v) is 3.33.